The van der Waals surface area contributed by atoms with Gasteiger partial charge in [-0.25, -0.2) is 4.39 Å². The van der Waals surface area contributed by atoms with Crippen LogP contribution in [0.5, 0.6) is 11.5 Å². The van der Waals surface area contributed by atoms with E-state index in [4.69, 9.17) is 15.2 Å². The van der Waals surface area contributed by atoms with Gasteiger partial charge >= 0.3 is 0 Å². The van der Waals surface area contributed by atoms with Crippen LogP contribution in [0.1, 0.15) is 0 Å². The first-order valence-corrected chi connectivity index (χ1v) is 6.20. The van der Waals surface area contributed by atoms with Crippen LogP contribution in [0, 0.1) is 5.82 Å². The maximum absolute atomic E-state index is 13.0. The van der Waals surface area contributed by atoms with Crippen molar-refractivity contribution in [3.63, 3.8) is 0 Å². The normalized spacial score (nSPS) is 10.0. The summed E-state index contributed by atoms with van der Waals surface area (Å²) in [5.41, 5.74) is 6.50. The van der Waals surface area contributed by atoms with Crippen molar-refractivity contribution in [3.8, 4) is 11.5 Å². The molecule has 0 radical (unpaired) electrons. The van der Waals surface area contributed by atoms with Gasteiger partial charge in [-0.05, 0) is 30.3 Å². The van der Waals surface area contributed by atoms with Crippen molar-refractivity contribution in [1.29, 1.82) is 0 Å². The van der Waals surface area contributed by atoms with E-state index in [0.717, 1.165) is 0 Å². The van der Waals surface area contributed by atoms with Crippen LogP contribution in [0.2, 0.25) is 0 Å². The Morgan fingerprint density at radius 3 is 2.81 bits per heavy atom. The monoisotopic (exact) mass is 290 g/mol. The zero-order chi connectivity index (χ0) is 15.2. The molecule has 2 rings (SSSR count). The standard InChI is InChI=1S/C15H15FN2O3/c1-20-12-5-6-13(17)14(8-12)21-9-15(19)18-11-4-2-3-10(16)7-11/h2-8H,9,17H2,1H3,(H,18,19). The molecule has 1 amide bonds. The van der Waals surface area contributed by atoms with Gasteiger partial charge in [-0.2, -0.15) is 0 Å². The van der Waals surface area contributed by atoms with E-state index in [1.165, 1.54) is 25.3 Å². The third kappa shape index (κ3) is 4.10. The summed E-state index contributed by atoms with van der Waals surface area (Å²) in [6, 6.07) is 10.5. The molecular weight excluding hydrogens is 275 g/mol. The molecule has 0 unspecified atom stereocenters. The van der Waals surface area contributed by atoms with Gasteiger partial charge in [0, 0.05) is 11.8 Å². The number of carbonyl (C=O) groups is 1. The van der Waals surface area contributed by atoms with E-state index in [1.54, 1.807) is 24.3 Å². The summed E-state index contributed by atoms with van der Waals surface area (Å²) in [4.78, 5) is 11.7. The molecule has 0 heterocycles. The Labute approximate surface area is 121 Å². The van der Waals surface area contributed by atoms with Crippen LogP contribution < -0.4 is 20.5 Å². The molecule has 5 nitrogen and oxygen atoms in total. The van der Waals surface area contributed by atoms with E-state index in [0.29, 0.717) is 22.9 Å². The highest BCUT2D eigenvalue weighted by Gasteiger charge is 2.07. The number of halogens is 1. The van der Waals surface area contributed by atoms with Crippen LogP contribution >= 0.6 is 0 Å². The Balaban J connectivity index is 1.95. The molecule has 110 valence electrons. The Morgan fingerprint density at radius 2 is 2.10 bits per heavy atom. The summed E-state index contributed by atoms with van der Waals surface area (Å²) in [5, 5.41) is 2.53. The second-order valence-electron chi connectivity index (χ2n) is 4.25. The van der Waals surface area contributed by atoms with Crippen molar-refractivity contribution in [2.24, 2.45) is 0 Å². The van der Waals surface area contributed by atoms with Gasteiger partial charge in [0.25, 0.3) is 5.91 Å². The van der Waals surface area contributed by atoms with Crippen molar-refractivity contribution < 1.29 is 18.7 Å². The van der Waals surface area contributed by atoms with Crippen molar-refractivity contribution in [2.45, 2.75) is 0 Å². The summed E-state index contributed by atoms with van der Waals surface area (Å²) in [6.07, 6.45) is 0. The largest absolute Gasteiger partial charge is 0.497 e. The van der Waals surface area contributed by atoms with Crippen molar-refractivity contribution in [3.05, 3.63) is 48.3 Å². The van der Waals surface area contributed by atoms with Gasteiger partial charge in [-0.1, -0.05) is 6.07 Å². The fraction of sp³-hybridized carbons (Fsp3) is 0.133. The highest BCUT2D eigenvalue weighted by Crippen LogP contribution is 2.26. The third-order valence-corrected chi connectivity index (χ3v) is 2.69. The number of rotatable bonds is 5. The molecule has 0 aliphatic heterocycles. The summed E-state index contributed by atoms with van der Waals surface area (Å²) in [6.45, 7) is -0.242. The molecule has 3 N–H and O–H groups in total. The fourth-order valence-corrected chi connectivity index (χ4v) is 1.67. The molecule has 0 aromatic heterocycles. The fourth-order valence-electron chi connectivity index (χ4n) is 1.67. The quantitative estimate of drug-likeness (QED) is 0.829. The van der Waals surface area contributed by atoms with Gasteiger partial charge in [0.2, 0.25) is 0 Å². The number of nitrogens with two attached hydrogens (primary N) is 1. The first kappa shape index (κ1) is 14.6. The van der Waals surface area contributed by atoms with Crippen molar-refractivity contribution in [2.75, 3.05) is 24.8 Å². The van der Waals surface area contributed by atoms with E-state index >= 15 is 0 Å². The van der Waals surface area contributed by atoms with E-state index < -0.39 is 11.7 Å². The number of anilines is 2. The minimum atomic E-state index is -0.425. The number of benzene rings is 2. The lowest BCUT2D eigenvalue weighted by Crippen LogP contribution is -2.20. The number of amides is 1. The van der Waals surface area contributed by atoms with E-state index in [9.17, 15) is 9.18 Å². The maximum Gasteiger partial charge on any atom is 0.262 e. The average molecular weight is 290 g/mol. The Hall–Kier alpha value is -2.76. The Kier molecular flexibility index (Phi) is 4.61. The Bertz CT molecular complexity index is 647. The van der Waals surface area contributed by atoms with Crippen LogP contribution in [0.25, 0.3) is 0 Å². The van der Waals surface area contributed by atoms with Crippen LogP contribution in [-0.2, 0) is 4.79 Å². The first-order chi connectivity index (χ1) is 10.1. The van der Waals surface area contributed by atoms with Gasteiger partial charge in [0.05, 0.1) is 12.8 Å². The predicted octanol–water partition coefficient (Wildman–Crippen LogP) is 2.43. The highest BCUT2D eigenvalue weighted by atomic mass is 19.1. The van der Waals surface area contributed by atoms with Gasteiger partial charge in [0.1, 0.15) is 17.3 Å². The molecule has 2 aromatic carbocycles. The van der Waals surface area contributed by atoms with Crippen LogP contribution in [0.3, 0.4) is 0 Å². The lowest BCUT2D eigenvalue weighted by Gasteiger charge is -2.10. The molecule has 0 fully saturated rings. The van der Waals surface area contributed by atoms with Crippen LogP contribution in [0.4, 0.5) is 15.8 Å². The summed E-state index contributed by atoms with van der Waals surface area (Å²) in [5.74, 6) is 0.0852. The van der Waals surface area contributed by atoms with Gasteiger partial charge < -0.3 is 20.5 Å². The summed E-state index contributed by atoms with van der Waals surface area (Å²) in [7, 11) is 1.52. The number of nitrogens with one attached hydrogen (secondary N) is 1. The molecule has 0 atom stereocenters. The van der Waals surface area contributed by atoms with Crippen molar-refractivity contribution >= 4 is 17.3 Å². The molecule has 0 saturated carbocycles. The van der Waals surface area contributed by atoms with Gasteiger partial charge in [-0.3, -0.25) is 4.79 Å². The number of hydrogen-bond donors (Lipinski definition) is 2. The minimum absolute atomic E-state index is 0.242. The lowest BCUT2D eigenvalue weighted by atomic mass is 10.3. The molecule has 0 bridgehead atoms. The number of carbonyl (C=O) groups excluding carboxylic acids is 1. The summed E-state index contributed by atoms with van der Waals surface area (Å²) < 4.78 is 23.4. The van der Waals surface area contributed by atoms with Gasteiger partial charge in [0.15, 0.2) is 6.61 Å². The van der Waals surface area contributed by atoms with E-state index in [-0.39, 0.29) is 6.61 Å². The molecular formula is C15H15FN2O3. The summed E-state index contributed by atoms with van der Waals surface area (Å²) >= 11 is 0. The molecule has 0 saturated heterocycles. The van der Waals surface area contributed by atoms with Crippen LogP contribution in [0.15, 0.2) is 42.5 Å². The molecule has 21 heavy (non-hydrogen) atoms. The average Bonchev–Trinajstić information content (AvgIpc) is 2.46. The molecule has 0 spiro atoms. The molecule has 0 aliphatic rings. The van der Waals surface area contributed by atoms with E-state index in [2.05, 4.69) is 5.32 Å². The number of nitrogen functional groups attached to an aromatic ring is 1. The van der Waals surface area contributed by atoms with Crippen molar-refractivity contribution in [1.82, 2.24) is 0 Å². The van der Waals surface area contributed by atoms with Crippen LogP contribution in [-0.4, -0.2) is 19.6 Å². The second kappa shape index (κ2) is 6.60. The number of ether oxygens (including phenoxy) is 2. The zero-order valence-electron chi connectivity index (χ0n) is 11.4. The Morgan fingerprint density at radius 1 is 1.29 bits per heavy atom. The first-order valence-electron chi connectivity index (χ1n) is 6.20. The maximum atomic E-state index is 13.0. The SMILES string of the molecule is COc1ccc(N)c(OCC(=O)Nc2cccc(F)c2)c1. The van der Waals surface area contributed by atoms with E-state index in [1.807, 2.05) is 0 Å². The topological polar surface area (TPSA) is 73.6 Å². The number of methoxy groups -OCH3 is 1. The smallest absolute Gasteiger partial charge is 0.262 e. The lowest BCUT2D eigenvalue weighted by molar-refractivity contribution is -0.118. The molecule has 6 heteroatoms. The highest BCUT2D eigenvalue weighted by molar-refractivity contribution is 5.91. The third-order valence-electron chi connectivity index (χ3n) is 2.69. The second-order valence-corrected chi connectivity index (χ2v) is 4.25. The molecule has 2 aromatic rings. The minimum Gasteiger partial charge on any atom is -0.497 e. The molecule has 0 aliphatic carbocycles. The zero-order valence-corrected chi connectivity index (χ0v) is 11.4. The predicted molar refractivity (Wildman–Crippen MR) is 77.9 cm³/mol. The number of hydrogen-bond acceptors (Lipinski definition) is 4. The van der Waals surface area contributed by atoms with Gasteiger partial charge in [-0.15, -0.1) is 0 Å².